The number of aromatic nitrogens is 6. The summed E-state index contributed by atoms with van der Waals surface area (Å²) in [6.07, 6.45) is 11.0. The first-order valence-electron chi connectivity index (χ1n) is 12.0. The molecule has 6 heterocycles. The molecular formula is C27H23N7O2. The molecule has 9 nitrogen and oxygen atoms in total. The molecule has 1 aliphatic heterocycles. The number of hydrogen-bond donors (Lipinski definition) is 3. The Morgan fingerprint density at radius 3 is 2.81 bits per heavy atom. The van der Waals surface area contributed by atoms with Crippen LogP contribution in [0.4, 0.5) is 0 Å². The Hall–Kier alpha value is -4.50. The first-order chi connectivity index (χ1) is 17.8. The van der Waals surface area contributed by atoms with Crippen LogP contribution in [0.2, 0.25) is 0 Å². The van der Waals surface area contributed by atoms with E-state index >= 15 is 0 Å². The summed E-state index contributed by atoms with van der Waals surface area (Å²) < 4.78 is 11.5. The van der Waals surface area contributed by atoms with Gasteiger partial charge in [0.05, 0.1) is 24.2 Å². The summed E-state index contributed by atoms with van der Waals surface area (Å²) in [5, 5.41) is 12.0. The molecule has 1 aromatic carbocycles. The van der Waals surface area contributed by atoms with Gasteiger partial charge in [-0.1, -0.05) is 6.07 Å². The summed E-state index contributed by atoms with van der Waals surface area (Å²) in [7, 11) is 0. The van der Waals surface area contributed by atoms with Gasteiger partial charge in [0, 0.05) is 34.5 Å². The maximum Gasteiger partial charge on any atom is 0.160 e. The van der Waals surface area contributed by atoms with Gasteiger partial charge in [0.15, 0.2) is 11.5 Å². The second kappa shape index (κ2) is 8.62. The third-order valence-electron chi connectivity index (χ3n) is 6.64. The standard InChI is InChI=1S/C27H23N7O2/c1-2-23-22(12-16(1)18-11-20(14-29-13-18)36-19-3-7-28-8-4-19)25(34-33-23)27-31-24-21(17-6-10-35-15-17)5-9-30-26(24)32-27/h1-2,5-6,9-15,19,28H,3-4,7-8H2,(H,33,34)(H,30,31,32). The zero-order valence-corrected chi connectivity index (χ0v) is 19.4. The van der Waals surface area contributed by atoms with E-state index in [0.29, 0.717) is 11.5 Å². The van der Waals surface area contributed by atoms with Crippen LogP contribution >= 0.6 is 0 Å². The predicted molar refractivity (Wildman–Crippen MR) is 136 cm³/mol. The van der Waals surface area contributed by atoms with E-state index in [4.69, 9.17) is 14.1 Å². The molecule has 0 spiro atoms. The van der Waals surface area contributed by atoms with Crippen LogP contribution in [-0.4, -0.2) is 49.3 Å². The van der Waals surface area contributed by atoms with Crippen molar-refractivity contribution in [2.45, 2.75) is 18.9 Å². The molecule has 5 aromatic heterocycles. The van der Waals surface area contributed by atoms with Gasteiger partial charge in [0.1, 0.15) is 23.1 Å². The fourth-order valence-electron chi connectivity index (χ4n) is 4.79. The molecule has 0 radical (unpaired) electrons. The molecule has 0 saturated carbocycles. The van der Waals surface area contributed by atoms with Crippen LogP contribution in [0, 0.1) is 0 Å². The highest BCUT2D eigenvalue weighted by Gasteiger charge is 2.18. The second-order valence-corrected chi connectivity index (χ2v) is 8.96. The van der Waals surface area contributed by atoms with Crippen molar-refractivity contribution in [1.29, 1.82) is 0 Å². The Balaban J connectivity index is 1.26. The van der Waals surface area contributed by atoms with Crippen molar-refractivity contribution in [2.24, 2.45) is 0 Å². The Morgan fingerprint density at radius 1 is 0.972 bits per heavy atom. The Morgan fingerprint density at radius 2 is 1.92 bits per heavy atom. The number of nitrogens with zero attached hydrogens (tertiary/aromatic N) is 4. The van der Waals surface area contributed by atoms with Crippen LogP contribution in [0.25, 0.3) is 55.8 Å². The van der Waals surface area contributed by atoms with E-state index in [0.717, 1.165) is 76.0 Å². The molecule has 0 aliphatic carbocycles. The zero-order chi connectivity index (χ0) is 23.9. The van der Waals surface area contributed by atoms with Gasteiger partial charge in [0.2, 0.25) is 0 Å². The normalized spacial score (nSPS) is 14.6. The van der Waals surface area contributed by atoms with Crippen molar-refractivity contribution < 1.29 is 9.15 Å². The van der Waals surface area contributed by atoms with E-state index in [-0.39, 0.29) is 6.10 Å². The van der Waals surface area contributed by atoms with Gasteiger partial charge in [-0.05, 0) is 61.8 Å². The van der Waals surface area contributed by atoms with Gasteiger partial charge in [0.25, 0.3) is 0 Å². The number of H-pyrrole nitrogens is 2. The van der Waals surface area contributed by atoms with E-state index in [1.807, 2.05) is 24.4 Å². The van der Waals surface area contributed by atoms with E-state index in [1.165, 1.54) is 0 Å². The number of hydrogen-bond acceptors (Lipinski definition) is 7. The number of aromatic amines is 2. The summed E-state index contributed by atoms with van der Waals surface area (Å²) in [6, 6.07) is 12.1. The van der Waals surface area contributed by atoms with Gasteiger partial charge in [-0.15, -0.1) is 0 Å². The minimum atomic E-state index is 0.222. The molecule has 3 N–H and O–H groups in total. The number of ether oxygens (including phenoxy) is 1. The molecule has 6 aromatic rings. The average molecular weight is 478 g/mol. The summed E-state index contributed by atoms with van der Waals surface area (Å²) in [6.45, 7) is 1.97. The van der Waals surface area contributed by atoms with Gasteiger partial charge >= 0.3 is 0 Å². The van der Waals surface area contributed by atoms with Crippen LogP contribution in [-0.2, 0) is 0 Å². The highest BCUT2D eigenvalue weighted by Crippen LogP contribution is 2.33. The highest BCUT2D eigenvalue weighted by atomic mass is 16.5. The molecule has 0 bridgehead atoms. The van der Waals surface area contributed by atoms with E-state index in [9.17, 15) is 0 Å². The van der Waals surface area contributed by atoms with Crippen LogP contribution in [0.5, 0.6) is 5.75 Å². The quantitative estimate of drug-likeness (QED) is 0.321. The average Bonchev–Trinajstić information content (AvgIpc) is 3.68. The molecule has 0 amide bonds. The smallest absolute Gasteiger partial charge is 0.160 e. The lowest BCUT2D eigenvalue weighted by atomic mass is 10.0. The van der Waals surface area contributed by atoms with Gasteiger partial charge < -0.3 is 19.5 Å². The largest absolute Gasteiger partial charge is 0.489 e. The lowest BCUT2D eigenvalue weighted by molar-refractivity contribution is 0.162. The van der Waals surface area contributed by atoms with Gasteiger partial charge in [-0.25, -0.2) is 9.97 Å². The van der Waals surface area contributed by atoms with Gasteiger partial charge in [-0.3, -0.25) is 10.1 Å². The number of imidazole rings is 1. The number of piperidine rings is 1. The zero-order valence-electron chi connectivity index (χ0n) is 19.4. The number of rotatable bonds is 5. The van der Waals surface area contributed by atoms with Crippen molar-refractivity contribution in [3.8, 4) is 39.5 Å². The van der Waals surface area contributed by atoms with Crippen LogP contribution < -0.4 is 10.1 Å². The minimum Gasteiger partial charge on any atom is -0.489 e. The van der Waals surface area contributed by atoms with E-state index in [1.54, 1.807) is 24.9 Å². The summed E-state index contributed by atoms with van der Waals surface area (Å²) in [5.41, 5.74) is 7.05. The SMILES string of the molecule is c1cc(-c2ccoc2)c2nc(-c3n[nH]c4ccc(-c5cncc(OC6CCNCC6)c5)cc34)[nH]c2n1. The lowest BCUT2D eigenvalue weighted by Gasteiger charge is -2.23. The molecule has 9 heteroatoms. The Bertz CT molecular complexity index is 1660. The van der Waals surface area contributed by atoms with Gasteiger partial charge in [-0.2, -0.15) is 5.10 Å². The predicted octanol–water partition coefficient (Wildman–Crippen LogP) is 4.95. The molecule has 1 fully saturated rings. The van der Waals surface area contributed by atoms with Crippen LogP contribution in [0.15, 0.2) is 71.9 Å². The second-order valence-electron chi connectivity index (χ2n) is 8.96. The first kappa shape index (κ1) is 20.8. The highest BCUT2D eigenvalue weighted by molar-refractivity contribution is 5.97. The lowest BCUT2D eigenvalue weighted by Crippen LogP contribution is -2.34. The fourth-order valence-corrected chi connectivity index (χ4v) is 4.79. The molecular weight excluding hydrogens is 454 g/mol. The Kier molecular flexibility index (Phi) is 4.99. The number of pyridine rings is 2. The van der Waals surface area contributed by atoms with E-state index < -0.39 is 0 Å². The van der Waals surface area contributed by atoms with Crippen LogP contribution in [0.3, 0.4) is 0 Å². The third kappa shape index (κ3) is 3.70. The Labute approximate surface area is 206 Å². The number of nitrogens with one attached hydrogen (secondary N) is 3. The summed E-state index contributed by atoms with van der Waals surface area (Å²) in [4.78, 5) is 17.1. The minimum absolute atomic E-state index is 0.222. The maximum absolute atomic E-state index is 6.21. The molecule has 7 rings (SSSR count). The molecule has 36 heavy (non-hydrogen) atoms. The number of furan rings is 1. The molecule has 0 unspecified atom stereocenters. The van der Waals surface area contributed by atoms with Crippen molar-refractivity contribution in [1.82, 2.24) is 35.5 Å². The molecule has 1 aliphatic rings. The third-order valence-corrected chi connectivity index (χ3v) is 6.64. The van der Waals surface area contributed by atoms with Crippen molar-refractivity contribution in [2.75, 3.05) is 13.1 Å². The number of fused-ring (bicyclic) bond motifs is 2. The number of benzene rings is 1. The molecule has 1 saturated heterocycles. The summed E-state index contributed by atoms with van der Waals surface area (Å²) >= 11 is 0. The monoisotopic (exact) mass is 477 g/mol. The fraction of sp³-hybridized carbons (Fsp3) is 0.185. The molecule has 0 atom stereocenters. The van der Waals surface area contributed by atoms with Crippen molar-refractivity contribution in [3.05, 3.63) is 67.5 Å². The molecule has 178 valence electrons. The van der Waals surface area contributed by atoms with Crippen LogP contribution in [0.1, 0.15) is 12.8 Å². The van der Waals surface area contributed by atoms with Crippen molar-refractivity contribution in [3.63, 3.8) is 0 Å². The van der Waals surface area contributed by atoms with Crippen molar-refractivity contribution >= 4 is 22.1 Å². The summed E-state index contributed by atoms with van der Waals surface area (Å²) in [5.74, 6) is 1.44. The maximum atomic E-state index is 6.21. The topological polar surface area (TPSA) is 118 Å². The first-order valence-corrected chi connectivity index (χ1v) is 12.0. The van der Waals surface area contributed by atoms with E-state index in [2.05, 4.69) is 48.7 Å².